The van der Waals surface area contributed by atoms with E-state index < -0.39 is 23.6 Å². The minimum atomic E-state index is -0.750. The largest absolute Gasteiger partial charge is 0.457 e. The third-order valence-electron chi connectivity index (χ3n) is 5.80. The van der Waals surface area contributed by atoms with Crippen molar-refractivity contribution in [2.75, 3.05) is 6.54 Å². The molecule has 2 heterocycles. The highest BCUT2D eigenvalue weighted by molar-refractivity contribution is 6.07. The molecule has 7 nitrogen and oxygen atoms in total. The first-order chi connectivity index (χ1) is 13.4. The summed E-state index contributed by atoms with van der Waals surface area (Å²) in [5.41, 5.74) is 0.937. The van der Waals surface area contributed by atoms with Crippen LogP contribution in [0.15, 0.2) is 28.7 Å². The van der Waals surface area contributed by atoms with Crippen molar-refractivity contribution in [1.29, 1.82) is 0 Å². The van der Waals surface area contributed by atoms with E-state index >= 15 is 0 Å². The lowest BCUT2D eigenvalue weighted by Crippen LogP contribution is -2.44. The van der Waals surface area contributed by atoms with Crippen LogP contribution in [0.1, 0.15) is 56.5 Å². The first kappa shape index (κ1) is 18.5. The average Bonchev–Trinajstić information content (AvgIpc) is 3.33. The maximum atomic E-state index is 12.6. The van der Waals surface area contributed by atoms with Crippen molar-refractivity contribution in [2.24, 2.45) is 0 Å². The van der Waals surface area contributed by atoms with Gasteiger partial charge in [-0.1, -0.05) is 31.0 Å². The number of aryl methyl sites for hydroxylation is 1. The molecular formula is C21H24N2O5. The van der Waals surface area contributed by atoms with Crippen LogP contribution in [0.5, 0.6) is 0 Å². The molecular weight excluding hydrogens is 360 g/mol. The van der Waals surface area contributed by atoms with E-state index in [1.165, 1.54) is 0 Å². The molecule has 148 valence electrons. The highest BCUT2D eigenvalue weighted by Gasteiger charge is 2.52. The summed E-state index contributed by atoms with van der Waals surface area (Å²) in [5.74, 6) is -0.0845. The molecule has 28 heavy (non-hydrogen) atoms. The second kappa shape index (κ2) is 6.96. The van der Waals surface area contributed by atoms with E-state index in [1.807, 2.05) is 31.2 Å². The molecule has 2 aliphatic rings. The van der Waals surface area contributed by atoms with Gasteiger partial charge in [0.2, 0.25) is 0 Å². The number of carbonyl (C=O) groups excluding carboxylic acids is 3. The van der Waals surface area contributed by atoms with Crippen LogP contribution in [0.2, 0.25) is 0 Å². The fourth-order valence-corrected chi connectivity index (χ4v) is 4.29. The van der Waals surface area contributed by atoms with Gasteiger partial charge in [-0.3, -0.25) is 14.5 Å². The Morgan fingerprint density at radius 1 is 1.29 bits per heavy atom. The highest BCUT2D eigenvalue weighted by Crippen LogP contribution is 2.35. The van der Waals surface area contributed by atoms with Crippen molar-refractivity contribution in [1.82, 2.24) is 10.2 Å². The number of amides is 3. The lowest BCUT2D eigenvalue weighted by Gasteiger charge is -2.20. The summed E-state index contributed by atoms with van der Waals surface area (Å²) >= 11 is 0. The molecule has 1 spiro atoms. The van der Waals surface area contributed by atoms with Gasteiger partial charge in [-0.25, -0.2) is 4.79 Å². The second-order valence-corrected chi connectivity index (χ2v) is 7.65. The lowest BCUT2D eigenvalue weighted by molar-refractivity contribution is -0.149. The number of benzene rings is 1. The smallest absolute Gasteiger partial charge is 0.325 e. The van der Waals surface area contributed by atoms with E-state index in [0.29, 0.717) is 18.6 Å². The van der Waals surface area contributed by atoms with Crippen LogP contribution < -0.4 is 5.32 Å². The summed E-state index contributed by atoms with van der Waals surface area (Å²) in [7, 11) is 0. The van der Waals surface area contributed by atoms with Gasteiger partial charge >= 0.3 is 12.0 Å². The Kier molecular flexibility index (Phi) is 4.61. The predicted molar refractivity (Wildman–Crippen MR) is 102 cm³/mol. The molecule has 4 rings (SSSR count). The van der Waals surface area contributed by atoms with Gasteiger partial charge in [0, 0.05) is 17.5 Å². The molecule has 1 N–H and O–H groups in total. The SMILES string of the molecule is Cc1c([C@H](C)OC(=O)CCN2C(=O)NC3(CCCC3)C2=O)oc2ccccc12. The average molecular weight is 384 g/mol. The van der Waals surface area contributed by atoms with Crippen molar-refractivity contribution in [3.63, 3.8) is 0 Å². The Morgan fingerprint density at radius 3 is 2.71 bits per heavy atom. The van der Waals surface area contributed by atoms with E-state index in [9.17, 15) is 14.4 Å². The molecule has 1 atom stereocenters. The molecule has 0 radical (unpaired) electrons. The number of nitrogens with zero attached hydrogens (tertiary/aromatic N) is 1. The van der Waals surface area contributed by atoms with Gasteiger partial charge in [-0.2, -0.15) is 0 Å². The summed E-state index contributed by atoms with van der Waals surface area (Å²) in [6.45, 7) is 3.71. The summed E-state index contributed by atoms with van der Waals surface area (Å²) in [5, 5.41) is 3.80. The van der Waals surface area contributed by atoms with Crippen molar-refractivity contribution in [2.45, 2.75) is 57.6 Å². The van der Waals surface area contributed by atoms with E-state index in [4.69, 9.17) is 9.15 Å². The molecule has 2 fully saturated rings. The zero-order chi connectivity index (χ0) is 19.9. The molecule has 1 saturated carbocycles. The number of furan rings is 1. The number of nitrogens with one attached hydrogen (secondary N) is 1. The van der Waals surface area contributed by atoms with Gasteiger partial charge < -0.3 is 14.5 Å². The van der Waals surface area contributed by atoms with Crippen LogP contribution in [0.3, 0.4) is 0 Å². The summed E-state index contributed by atoms with van der Waals surface area (Å²) in [6.07, 6.45) is 2.59. The number of hydrogen-bond donors (Lipinski definition) is 1. The minimum absolute atomic E-state index is 0.0249. The summed E-state index contributed by atoms with van der Waals surface area (Å²) in [4.78, 5) is 38.2. The standard InChI is InChI=1S/C21H24N2O5/c1-13-15-7-3-4-8-16(15)28-18(13)14(2)27-17(24)9-12-23-19(25)21(22-20(23)26)10-5-6-11-21/h3-4,7-8,14H,5-6,9-12H2,1-2H3,(H,22,26)/t14-/m0/s1. The van der Waals surface area contributed by atoms with Crippen molar-refractivity contribution in [3.05, 3.63) is 35.6 Å². The maximum Gasteiger partial charge on any atom is 0.325 e. The lowest BCUT2D eigenvalue weighted by atomic mass is 9.98. The van der Waals surface area contributed by atoms with Gasteiger partial charge in [-0.15, -0.1) is 0 Å². The third-order valence-corrected chi connectivity index (χ3v) is 5.80. The molecule has 1 saturated heterocycles. The Balaban J connectivity index is 1.37. The fourth-order valence-electron chi connectivity index (χ4n) is 4.29. The van der Waals surface area contributed by atoms with Crippen molar-refractivity contribution < 1.29 is 23.5 Å². The summed E-state index contributed by atoms with van der Waals surface area (Å²) in [6, 6.07) is 7.24. The van der Waals surface area contributed by atoms with E-state index in [-0.39, 0.29) is 18.9 Å². The monoisotopic (exact) mass is 384 g/mol. The number of urea groups is 1. The molecule has 7 heteroatoms. The first-order valence-corrected chi connectivity index (χ1v) is 9.73. The predicted octanol–water partition coefficient (Wildman–Crippen LogP) is 3.60. The number of para-hydroxylation sites is 1. The number of imide groups is 1. The first-order valence-electron chi connectivity index (χ1n) is 9.73. The zero-order valence-electron chi connectivity index (χ0n) is 16.1. The molecule has 1 aliphatic carbocycles. The van der Waals surface area contributed by atoms with E-state index in [0.717, 1.165) is 34.3 Å². The van der Waals surface area contributed by atoms with Gasteiger partial charge in [0.25, 0.3) is 5.91 Å². The third kappa shape index (κ3) is 3.04. The maximum absolute atomic E-state index is 12.6. The van der Waals surface area contributed by atoms with Crippen LogP contribution in [0.25, 0.3) is 11.0 Å². The van der Waals surface area contributed by atoms with Gasteiger partial charge in [0.15, 0.2) is 6.10 Å². The minimum Gasteiger partial charge on any atom is -0.457 e. The molecule has 2 aromatic rings. The van der Waals surface area contributed by atoms with Crippen LogP contribution in [-0.4, -0.2) is 34.9 Å². The number of fused-ring (bicyclic) bond motifs is 1. The van der Waals surface area contributed by atoms with Crippen LogP contribution in [0.4, 0.5) is 4.79 Å². The highest BCUT2D eigenvalue weighted by atomic mass is 16.6. The van der Waals surface area contributed by atoms with Crippen LogP contribution >= 0.6 is 0 Å². The quantitative estimate of drug-likeness (QED) is 0.628. The van der Waals surface area contributed by atoms with Crippen LogP contribution in [0, 0.1) is 6.92 Å². The van der Waals surface area contributed by atoms with E-state index in [2.05, 4.69) is 5.32 Å². The van der Waals surface area contributed by atoms with E-state index in [1.54, 1.807) is 6.92 Å². The Bertz CT molecular complexity index is 941. The number of ether oxygens (including phenoxy) is 1. The molecule has 1 aromatic heterocycles. The topological polar surface area (TPSA) is 88.9 Å². The molecule has 1 aliphatic heterocycles. The second-order valence-electron chi connectivity index (χ2n) is 7.65. The zero-order valence-corrected chi connectivity index (χ0v) is 16.1. The van der Waals surface area contributed by atoms with Gasteiger partial charge in [0.05, 0.1) is 6.42 Å². The number of esters is 1. The van der Waals surface area contributed by atoms with Gasteiger partial charge in [-0.05, 0) is 32.8 Å². The summed E-state index contributed by atoms with van der Waals surface area (Å²) < 4.78 is 11.3. The Morgan fingerprint density at radius 2 is 2.00 bits per heavy atom. The molecule has 0 bridgehead atoms. The molecule has 1 aromatic carbocycles. The Hall–Kier alpha value is -2.83. The Labute approximate surface area is 163 Å². The van der Waals surface area contributed by atoms with Crippen LogP contribution in [-0.2, 0) is 14.3 Å². The molecule has 3 amide bonds. The number of carbonyl (C=O) groups is 3. The fraction of sp³-hybridized carbons (Fsp3) is 0.476. The number of hydrogen-bond acceptors (Lipinski definition) is 5. The van der Waals surface area contributed by atoms with Gasteiger partial charge in [0.1, 0.15) is 16.9 Å². The van der Waals surface area contributed by atoms with Crippen molar-refractivity contribution in [3.8, 4) is 0 Å². The normalized spacial score (nSPS) is 19.4. The number of rotatable bonds is 5. The molecule has 0 unspecified atom stereocenters. The van der Waals surface area contributed by atoms with Crippen molar-refractivity contribution >= 4 is 28.9 Å².